The van der Waals surface area contributed by atoms with E-state index in [4.69, 9.17) is 9.72 Å². The Labute approximate surface area is 158 Å². The molecule has 1 aromatic heterocycles. The second-order valence-corrected chi connectivity index (χ2v) is 5.83. The average molecular weight is 387 g/mol. The highest BCUT2D eigenvalue weighted by atomic mass is 35.5. The lowest BCUT2D eigenvalue weighted by atomic mass is 10.1. The number of fused-ring (bicyclic) bond motifs is 1. The van der Waals surface area contributed by atoms with E-state index in [2.05, 4.69) is 15.2 Å². The van der Waals surface area contributed by atoms with E-state index in [1.807, 2.05) is 6.07 Å². The van der Waals surface area contributed by atoms with Gasteiger partial charge in [0, 0.05) is 30.8 Å². The summed E-state index contributed by atoms with van der Waals surface area (Å²) in [6.45, 7) is 4.77. The minimum absolute atomic E-state index is 0. The molecular formula is C17H21Cl2FN4O. The molecule has 3 heterocycles. The van der Waals surface area contributed by atoms with Gasteiger partial charge in [-0.2, -0.15) is 0 Å². The van der Waals surface area contributed by atoms with Crippen molar-refractivity contribution in [3.05, 3.63) is 41.3 Å². The molecule has 136 valence electrons. The summed E-state index contributed by atoms with van der Waals surface area (Å²) >= 11 is 0. The molecule has 0 atom stereocenters. The fraction of sp³-hybridized carbons (Fsp3) is 0.412. The van der Waals surface area contributed by atoms with Crippen LogP contribution in [0.4, 0.5) is 10.2 Å². The highest BCUT2D eigenvalue weighted by molar-refractivity contribution is 5.85. The average Bonchev–Trinajstić information content (AvgIpc) is 2.61. The second-order valence-electron chi connectivity index (χ2n) is 5.83. The minimum atomic E-state index is -0.269. The van der Waals surface area contributed by atoms with Gasteiger partial charge in [0.1, 0.15) is 11.6 Å². The van der Waals surface area contributed by atoms with Gasteiger partial charge in [-0.3, -0.25) is 0 Å². The summed E-state index contributed by atoms with van der Waals surface area (Å²) in [4.78, 5) is 11.7. The van der Waals surface area contributed by atoms with Crippen molar-refractivity contribution in [2.75, 3.05) is 37.7 Å². The Hall–Kier alpha value is -1.47. The lowest BCUT2D eigenvalue weighted by molar-refractivity contribution is 0.122. The Morgan fingerprint density at radius 1 is 1.12 bits per heavy atom. The molecule has 2 aliphatic rings. The molecule has 0 unspecified atom stereocenters. The predicted octanol–water partition coefficient (Wildman–Crippen LogP) is 2.61. The maximum atomic E-state index is 13.6. The number of nitrogens with one attached hydrogen (secondary N) is 1. The summed E-state index contributed by atoms with van der Waals surface area (Å²) < 4.78 is 19.0. The molecule has 0 radical (unpaired) electrons. The van der Waals surface area contributed by atoms with E-state index in [1.54, 1.807) is 6.07 Å². The molecule has 1 aromatic carbocycles. The van der Waals surface area contributed by atoms with Crippen molar-refractivity contribution in [2.45, 2.75) is 13.0 Å². The number of benzene rings is 1. The highest BCUT2D eigenvalue weighted by Crippen LogP contribution is 2.28. The van der Waals surface area contributed by atoms with Gasteiger partial charge in [0.05, 0.1) is 18.9 Å². The molecule has 0 bridgehead atoms. The molecule has 2 aliphatic heterocycles. The van der Waals surface area contributed by atoms with Gasteiger partial charge in [-0.1, -0.05) is 12.1 Å². The first-order valence-electron chi connectivity index (χ1n) is 8.00. The largest absolute Gasteiger partial charge is 0.378 e. The van der Waals surface area contributed by atoms with Gasteiger partial charge in [0.25, 0.3) is 0 Å². The summed E-state index contributed by atoms with van der Waals surface area (Å²) in [6.07, 6.45) is 0.922. The van der Waals surface area contributed by atoms with Gasteiger partial charge in [-0.25, -0.2) is 14.4 Å². The Kier molecular flexibility index (Phi) is 6.95. The number of aromatic nitrogens is 2. The van der Waals surface area contributed by atoms with Gasteiger partial charge in [0.15, 0.2) is 5.82 Å². The molecule has 5 nitrogen and oxygen atoms in total. The van der Waals surface area contributed by atoms with Crippen LogP contribution in [-0.2, 0) is 17.7 Å². The maximum Gasteiger partial charge on any atom is 0.161 e. The molecule has 2 aromatic rings. The van der Waals surface area contributed by atoms with Crippen LogP contribution in [-0.4, -0.2) is 42.8 Å². The molecule has 25 heavy (non-hydrogen) atoms. The number of nitrogens with zero attached hydrogens (tertiary/aromatic N) is 3. The van der Waals surface area contributed by atoms with E-state index in [9.17, 15) is 4.39 Å². The summed E-state index contributed by atoms with van der Waals surface area (Å²) in [5.41, 5.74) is 2.95. The molecular weight excluding hydrogens is 366 g/mol. The number of ether oxygens (including phenoxy) is 1. The zero-order chi connectivity index (χ0) is 15.6. The quantitative estimate of drug-likeness (QED) is 0.859. The van der Waals surface area contributed by atoms with E-state index in [0.717, 1.165) is 44.1 Å². The molecule has 4 rings (SSSR count). The monoisotopic (exact) mass is 386 g/mol. The zero-order valence-corrected chi connectivity index (χ0v) is 15.3. The lowest BCUT2D eigenvalue weighted by Gasteiger charge is -2.31. The number of rotatable bonds is 2. The van der Waals surface area contributed by atoms with Crippen LogP contribution in [0.2, 0.25) is 0 Å². The van der Waals surface area contributed by atoms with Crippen molar-refractivity contribution >= 4 is 30.6 Å². The van der Waals surface area contributed by atoms with Crippen LogP contribution in [0.5, 0.6) is 0 Å². The normalized spacial score (nSPS) is 16.4. The highest BCUT2D eigenvalue weighted by Gasteiger charge is 2.23. The van der Waals surface area contributed by atoms with Gasteiger partial charge < -0.3 is 15.0 Å². The first kappa shape index (κ1) is 19.8. The third-order valence-corrected chi connectivity index (χ3v) is 4.31. The van der Waals surface area contributed by atoms with Crippen LogP contribution in [0.25, 0.3) is 11.4 Å². The fourth-order valence-electron chi connectivity index (χ4n) is 3.13. The molecule has 0 spiro atoms. The van der Waals surface area contributed by atoms with E-state index in [0.29, 0.717) is 24.6 Å². The SMILES string of the molecule is Cl.Cl.Fc1cccc(-c2nc3c(c(N4CCOCC4)n2)CCNC3)c1. The Morgan fingerprint density at radius 3 is 2.68 bits per heavy atom. The maximum absolute atomic E-state index is 13.6. The summed E-state index contributed by atoms with van der Waals surface area (Å²) in [5.74, 6) is 1.31. The van der Waals surface area contributed by atoms with E-state index >= 15 is 0 Å². The molecule has 0 amide bonds. The molecule has 8 heteroatoms. The van der Waals surface area contributed by atoms with Gasteiger partial charge in [0.2, 0.25) is 0 Å². The summed E-state index contributed by atoms with van der Waals surface area (Å²) in [6, 6.07) is 6.47. The second kappa shape index (κ2) is 8.76. The molecule has 1 fully saturated rings. The molecule has 1 saturated heterocycles. The number of anilines is 1. The van der Waals surface area contributed by atoms with Gasteiger partial charge in [-0.05, 0) is 25.1 Å². The number of morpholine rings is 1. The topological polar surface area (TPSA) is 50.3 Å². The third kappa shape index (κ3) is 4.20. The van der Waals surface area contributed by atoms with Crippen molar-refractivity contribution in [1.29, 1.82) is 0 Å². The third-order valence-electron chi connectivity index (χ3n) is 4.31. The zero-order valence-electron chi connectivity index (χ0n) is 13.7. The van der Waals surface area contributed by atoms with Crippen molar-refractivity contribution in [3.8, 4) is 11.4 Å². The van der Waals surface area contributed by atoms with Crippen molar-refractivity contribution < 1.29 is 9.13 Å². The van der Waals surface area contributed by atoms with Gasteiger partial charge in [-0.15, -0.1) is 24.8 Å². The summed E-state index contributed by atoms with van der Waals surface area (Å²) in [7, 11) is 0. The van der Waals surface area contributed by atoms with Crippen LogP contribution in [0, 0.1) is 5.82 Å². The van der Waals surface area contributed by atoms with Crippen molar-refractivity contribution in [2.24, 2.45) is 0 Å². The van der Waals surface area contributed by atoms with Gasteiger partial charge >= 0.3 is 0 Å². The molecule has 1 N–H and O–H groups in total. The van der Waals surface area contributed by atoms with Crippen LogP contribution in [0.3, 0.4) is 0 Å². The minimum Gasteiger partial charge on any atom is -0.378 e. The van der Waals surface area contributed by atoms with E-state index < -0.39 is 0 Å². The molecule has 0 saturated carbocycles. The first-order chi connectivity index (χ1) is 11.3. The van der Waals surface area contributed by atoms with Crippen LogP contribution >= 0.6 is 24.8 Å². The Morgan fingerprint density at radius 2 is 1.92 bits per heavy atom. The lowest BCUT2D eigenvalue weighted by Crippen LogP contribution is -2.39. The van der Waals surface area contributed by atoms with E-state index in [-0.39, 0.29) is 30.6 Å². The standard InChI is InChI=1S/C17H19FN4O.2ClH/c18-13-3-1-2-12(10-13)16-20-15-11-19-5-4-14(15)17(21-16)22-6-8-23-9-7-22;;/h1-3,10,19H,4-9,11H2;2*1H. The fourth-order valence-corrected chi connectivity index (χ4v) is 3.13. The smallest absolute Gasteiger partial charge is 0.161 e. The number of hydrogen-bond acceptors (Lipinski definition) is 5. The number of hydrogen-bond donors (Lipinski definition) is 1. The summed E-state index contributed by atoms with van der Waals surface area (Å²) in [5, 5.41) is 3.35. The predicted molar refractivity (Wildman–Crippen MR) is 100 cm³/mol. The van der Waals surface area contributed by atoms with Crippen molar-refractivity contribution in [1.82, 2.24) is 15.3 Å². The first-order valence-corrected chi connectivity index (χ1v) is 8.00. The van der Waals surface area contributed by atoms with Crippen LogP contribution in [0.15, 0.2) is 24.3 Å². The Balaban J connectivity index is 0.00000113. The van der Waals surface area contributed by atoms with E-state index in [1.165, 1.54) is 17.7 Å². The molecule has 0 aliphatic carbocycles. The Bertz CT molecular complexity index is 726. The van der Waals surface area contributed by atoms with Crippen LogP contribution in [0.1, 0.15) is 11.3 Å². The van der Waals surface area contributed by atoms with Crippen molar-refractivity contribution in [3.63, 3.8) is 0 Å². The number of halogens is 3. The van der Waals surface area contributed by atoms with Crippen LogP contribution < -0.4 is 10.2 Å².